The van der Waals surface area contributed by atoms with Crippen molar-refractivity contribution in [2.24, 2.45) is 0 Å². The Morgan fingerprint density at radius 3 is 2.38 bits per heavy atom. The summed E-state index contributed by atoms with van der Waals surface area (Å²) in [5.41, 5.74) is -0.0158. The number of phenols is 1. The molecule has 0 unspecified atom stereocenters. The van der Waals surface area contributed by atoms with Gasteiger partial charge in [-0.05, 0) is 19.1 Å². The molecule has 0 aromatic heterocycles. The van der Waals surface area contributed by atoms with E-state index in [1.807, 2.05) is 0 Å². The SMILES string of the molecule is C=C/C(=C/C)N(C(=C)[C-]=CC)S(=O)(=O)c1cc(F)cc(F)c1O.[W]. The van der Waals surface area contributed by atoms with Gasteiger partial charge in [0, 0.05) is 32.8 Å². The predicted molar refractivity (Wildman–Crippen MR) is 83.6 cm³/mol. The fourth-order valence-corrected chi connectivity index (χ4v) is 3.42. The van der Waals surface area contributed by atoms with E-state index in [0.29, 0.717) is 16.4 Å². The molecule has 0 bridgehead atoms. The number of nitrogens with zero attached hydrogens (tertiary/aromatic N) is 1. The zero-order chi connectivity index (χ0) is 17.8. The first kappa shape index (κ1) is 22.3. The van der Waals surface area contributed by atoms with Crippen LogP contribution in [0.15, 0.2) is 59.8 Å². The first-order chi connectivity index (χ1) is 10.7. The van der Waals surface area contributed by atoms with Gasteiger partial charge in [-0.25, -0.2) is 29.9 Å². The van der Waals surface area contributed by atoms with Gasteiger partial charge in [0.2, 0.25) is 0 Å². The number of halogens is 2. The van der Waals surface area contributed by atoms with Crippen molar-refractivity contribution < 1.29 is 43.4 Å². The van der Waals surface area contributed by atoms with Gasteiger partial charge in [0.05, 0.1) is 0 Å². The van der Waals surface area contributed by atoms with Gasteiger partial charge >= 0.3 is 0 Å². The van der Waals surface area contributed by atoms with Crippen molar-refractivity contribution in [1.82, 2.24) is 4.31 Å². The second-order valence-electron chi connectivity index (χ2n) is 4.30. The smallest absolute Gasteiger partial charge is 0.269 e. The average molecular weight is 524 g/mol. The van der Waals surface area contributed by atoms with Crippen molar-refractivity contribution in [1.29, 1.82) is 0 Å². The zero-order valence-electron chi connectivity index (χ0n) is 13.1. The number of hydrogen-bond acceptors (Lipinski definition) is 3. The van der Waals surface area contributed by atoms with E-state index in [-0.39, 0.29) is 32.5 Å². The Kier molecular flexibility index (Phi) is 8.30. The van der Waals surface area contributed by atoms with Crippen LogP contribution >= 0.6 is 0 Å². The van der Waals surface area contributed by atoms with E-state index in [1.165, 1.54) is 18.2 Å². The number of phenolic OH excluding ortho intramolecular Hbond substituents is 1. The molecule has 0 amide bonds. The van der Waals surface area contributed by atoms with Crippen LogP contribution in [0.4, 0.5) is 8.78 Å². The first-order valence-electron chi connectivity index (χ1n) is 6.46. The zero-order valence-corrected chi connectivity index (χ0v) is 16.8. The van der Waals surface area contributed by atoms with E-state index in [1.54, 1.807) is 13.8 Å². The Morgan fingerprint density at radius 1 is 1.33 bits per heavy atom. The molecule has 1 rings (SSSR count). The molecule has 1 N–H and O–H groups in total. The summed E-state index contributed by atoms with van der Waals surface area (Å²) in [7, 11) is -4.54. The quantitative estimate of drug-likeness (QED) is 0.457. The minimum atomic E-state index is -4.54. The minimum Gasteiger partial charge on any atom is -0.504 e. The molecule has 0 radical (unpaired) electrons. The summed E-state index contributed by atoms with van der Waals surface area (Å²) in [6, 6.07) is 0.912. The van der Waals surface area contributed by atoms with Gasteiger partial charge in [-0.3, -0.25) is 4.31 Å². The van der Waals surface area contributed by atoms with Gasteiger partial charge in [0.25, 0.3) is 10.0 Å². The second-order valence-corrected chi connectivity index (χ2v) is 6.06. The van der Waals surface area contributed by atoms with Crippen molar-refractivity contribution in [2.45, 2.75) is 18.7 Å². The maximum atomic E-state index is 13.5. The Bertz CT molecular complexity index is 802. The van der Waals surface area contributed by atoms with E-state index < -0.39 is 32.3 Å². The van der Waals surface area contributed by atoms with Gasteiger partial charge < -0.3 is 5.11 Å². The standard InChI is InChI=1S/C16H16F2NO3S.W/c1-5-8-11(4)19(13(6-2)7-3)23(21,22)15-10-12(17)9-14(18)16(15)20;/h5-7,9-10,20H,2,4H2,1,3H3;/q-1;/b13-7-;. The molecule has 130 valence electrons. The van der Waals surface area contributed by atoms with E-state index >= 15 is 0 Å². The second kappa shape index (κ2) is 8.94. The third-order valence-corrected chi connectivity index (χ3v) is 4.59. The number of hydrogen-bond donors (Lipinski definition) is 1. The van der Waals surface area contributed by atoms with Crippen LogP contribution in [0.5, 0.6) is 5.75 Å². The van der Waals surface area contributed by atoms with Gasteiger partial charge in [0.1, 0.15) is 10.7 Å². The molecule has 0 aliphatic heterocycles. The van der Waals surface area contributed by atoms with Crippen molar-refractivity contribution in [3.05, 3.63) is 72.6 Å². The maximum Gasteiger partial charge on any atom is 0.269 e. The topological polar surface area (TPSA) is 57.6 Å². The number of allylic oxidation sites excluding steroid dienone is 4. The van der Waals surface area contributed by atoms with E-state index in [9.17, 15) is 22.3 Å². The summed E-state index contributed by atoms with van der Waals surface area (Å²) < 4.78 is 53.1. The average Bonchev–Trinajstić information content (AvgIpc) is 2.47. The number of aromatic hydroxyl groups is 1. The molecule has 4 nitrogen and oxygen atoms in total. The molecule has 0 saturated carbocycles. The normalized spacial score (nSPS) is 11.9. The molecular weight excluding hydrogens is 508 g/mol. The van der Waals surface area contributed by atoms with Crippen LogP contribution in [-0.4, -0.2) is 17.8 Å². The van der Waals surface area contributed by atoms with Crippen LogP contribution < -0.4 is 0 Å². The summed E-state index contributed by atoms with van der Waals surface area (Å²) >= 11 is 0. The molecule has 0 fully saturated rings. The fourth-order valence-electron chi connectivity index (χ4n) is 1.82. The van der Waals surface area contributed by atoms with E-state index in [4.69, 9.17) is 0 Å². The Balaban J connectivity index is 0.00000529. The molecule has 0 spiro atoms. The number of rotatable bonds is 6. The van der Waals surface area contributed by atoms with Gasteiger partial charge in [-0.15, -0.1) is 5.70 Å². The van der Waals surface area contributed by atoms with Crippen LogP contribution in [0.1, 0.15) is 13.8 Å². The summed E-state index contributed by atoms with van der Waals surface area (Å²) in [5.74, 6) is -3.70. The Morgan fingerprint density at radius 2 is 1.92 bits per heavy atom. The number of benzene rings is 1. The van der Waals surface area contributed by atoms with Crippen molar-refractivity contribution in [3.8, 4) is 5.75 Å². The molecule has 1 aromatic carbocycles. The Hall–Kier alpha value is -1.72. The fraction of sp³-hybridized carbons (Fsp3) is 0.125. The van der Waals surface area contributed by atoms with Gasteiger partial charge in [-0.1, -0.05) is 19.6 Å². The summed E-state index contributed by atoms with van der Waals surface area (Å²) in [4.78, 5) is -0.921. The van der Waals surface area contributed by atoms with Gasteiger partial charge in [-0.2, -0.15) is 6.08 Å². The van der Waals surface area contributed by atoms with Crippen molar-refractivity contribution >= 4 is 10.0 Å². The molecule has 0 aliphatic rings. The summed E-state index contributed by atoms with van der Waals surface area (Å²) in [6.45, 7) is 10.2. The number of sulfonamides is 1. The van der Waals surface area contributed by atoms with Crippen LogP contribution in [0.2, 0.25) is 0 Å². The summed E-state index contributed by atoms with van der Waals surface area (Å²) in [6.07, 6.45) is 6.66. The largest absolute Gasteiger partial charge is 0.504 e. The van der Waals surface area contributed by atoms with E-state index in [2.05, 4.69) is 19.2 Å². The Labute approximate surface area is 154 Å². The van der Waals surface area contributed by atoms with Gasteiger partial charge in [0.15, 0.2) is 11.6 Å². The van der Waals surface area contributed by atoms with Crippen LogP contribution in [-0.2, 0) is 31.1 Å². The first-order valence-corrected chi connectivity index (χ1v) is 7.90. The molecule has 0 saturated heterocycles. The molecule has 0 atom stereocenters. The van der Waals surface area contributed by atoms with Crippen molar-refractivity contribution in [2.75, 3.05) is 0 Å². The third-order valence-electron chi connectivity index (χ3n) is 2.81. The van der Waals surface area contributed by atoms with E-state index in [0.717, 1.165) is 0 Å². The van der Waals surface area contributed by atoms with Crippen LogP contribution in [0.3, 0.4) is 0 Å². The monoisotopic (exact) mass is 524 g/mol. The predicted octanol–water partition coefficient (Wildman–Crippen LogP) is 3.64. The minimum absolute atomic E-state index is 0. The molecular formula is C16H16F2NO3SW-. The molecule has 0 aliphatic carbocycles. The van der Waals surface area contributed by atoms with Crippen LogP contribution in [0, 0.1) is 17.7 Å². The molecule has 8 heteroatoms. The maximum absolute atomic E-state index is 13.5. The molecule has 1 aromatic rings. The third kappa shape index (κ3) is 4.42. The van der Waals surface area contributed by atoms with Crippen molar-refractivity contribution in [3.63, 3.8) is 0 Å². The molecule has 24 heavy (non-hydrogen) atoms. The molecule has 0 heterocycles. The van der Waals surface area contributed by atoms with Crippen LogP contribution in [0.25, 0.3) is 0 Å². The summed E-state index contributed by atoms with van der Waals surface area (Å²) in [5, 5.41) is 9.69.